The molecule has 0 N–H and O–H groups in total. The number of ketones is 1. The number of hydrogen-bond acceptors (Lipinski definition) is 3. The van der Waals surface area contributed by atoms with Gasteiger partial charge in [-0.15, -0.1) is 0 Å². The van der Waals surface area contributed by atoms with Gasteiger partial charge in [0.15, 0.2) is 5.78 Å². The average Bonchev–Trinajstić information content (AvgIpc) is 2.38. The molecule has 0 amide bonds. The van der Waals surface area contributed by atoms with Gasteiger partial charge >= 0.3 is 0 Å². The summed E-state index contributed by atoms with van der Waals surface area (Å²) in [5.74, 6) is 0.911. The van der Waals surface area contributed by atoms with Gasteiger partial charge in [0.1, 0.15) is 12.4 Å². The molecule has 0 saturated carbocycles. The van der Waals surface area contributed by atoms with Crippen LogP contribution in [-0.4, -0.2) is 25.6 Å². The zero-order chi connectivity index (χ0) is 11.2. The Balaban J connectivity index is 1.79. The SMILES string of the molecule is O=C(COc1ccccc1)C1CCCOC1. The van der Waals surface area contributed by atoms with Gasteiger partial charge in [-0.1, -0.05) is 18.2 Å². The largest absolute Gasteiger partial charge is 0.486 e. The van der Waals surface area contributed by atoms with Crippen LogP contribution in [0, 0.1) is 5.92 Å². The first-order chi connectivity index (χ1) is 7.86. The Morgan fingerprint density at radius 3 is 2.88 bits per heavy atom. The Morgan fingerprint density at radius 2 is 2.19 bits per heavy atom. The lowest BCUT2D eigenvalue weighted by molar-refractivity contribution is -0.128. The van der Waals surface area contributed by atoms with Gasteiger partial charge in [-0.25, -0.2) is 0 Å². The van der Waals surface area contributed by atoms with Crippen molar-refractivity contribution in [3.63, 3.8) is 0 Å². The molecule has 1 saturated heterocycles. The topological polar surface area (TPSA) is 35.5 Å². The second kappa shape index (κ2) is 5.66. The summed E-state index contributed by atoms with van der Waals surface area (Å²) in [6, 6.07) is 9.41. The van der Waals surface area contributed by atoms with Crippen LogP contribution in [0.15, 0.2) is 30.3 Å². The van der Waals surface area contributed by atoms with E-state index < -0.39 is 0 Å². The number of rotatable bonds is 4. The number of para-hydroxylation sites is 1. The zero-order valence-electron chi connectivity index (χ0n) is 9.22. The van der Waals surface area contributed by atoms with Gasteiger partial charge in [0.25, 0.3) is 0 Å². The third-order valence-corrected chi connectivity index (χ3v) is 2.74. The summed E-state index contributed by atoms with van der Waals surface area (Å²) in [5.41, 5.74) is 0. The summed E-state index contributed by atoms with van der Waals surface area (Å²) in [7, 11) is 0. The first-order valence-electron chi connectivity index (χ1n) is 5.64. The van der Waals surface area contributed by atoms with Crippen LogP contribution in [0.5, 0.6) is 5.75 Å². The van der Waals surface area contributed by atoms with Crippen LogP contribution in [0.4, 0.5) is 0 Å². The molecule has 1 aromatic carbocycles. The summed E-state index contributed by atoms with van der Waals surface area (Å²) in [6.07, 6.45) is 1.90. The van der Waals surface area contributed by atoms with Crippen LogP contribution >= 0.6 is 0 Å². The fourth-order valence-corrected chi connectivity index (χ4v) is 1.78. The van der Waals surface area contributed by atoms with Gasteiger partial charge in [0.2, 0.25) is 0 Å². The van der Waals surface area contributed by atoms with E-state index in [1.165, 1.54) is 0 Å². The van der Waals surface area contributed by atoms with E-state index in [0.29, 0.717) is 6.61 Å². The molecular formula is C13H16O3. The lowest BCUT2D eigenvalue weighted by atomic mass is 9.98. The third-order valence-electron chi connectivity index (χ3n) is 2.74. The van der Waals surface area contributed by atoms with Gasteiger partial charge in [-0.05, 0) is 25.0 Å². The van der Waals surface area contributed by atoms with E-state index in [1.54, 1.807) is 0 Å². The minimum atomic E-state index is 0.0254. The molecule has 1 atom stereocenters. The molecular weight excluding hydrogens is 204 g/mol. The van der Waals surface area contributed by atoms with Crippen LogP contribution < -0.4 is 4.74 Å². The second-order valence-corrected chi connectivity index (χ2v) is 3.98. The highest BCUT2D eigenvalue weighted by Crippen LogP contribution is 2.15. The normalized spacial score (nSPS) is 20.4. The van der Waals surface area contributed by atoms with E-state index in [0.717, 1.165) is 25.2 Å². The maximum atomic E-state index is 11.8. The van der Waals surface area contributed by atoms with E-state index in [9.17, 15) is 4.79 Å². The fraction of sp³-hybridized carbons (Fsp3) is 0.462. The van der Waals surface area contributed by atoms with Crippen molar-refractivity contribution in [3.8, 4) is 5.75 Å². The molecule has 1 fully saturated rings. The Labute approximate surface area is 95.4 Å². The number of carbonyl (C=O) groups is 1. The highest BCUT2D eigenvalue weighted by Gasteiger charge is 2.21. The highest BCUT2D eigenvalue weighted by atomic mass is 16.5. The smallest absolute Gasteiger partial charge is 0.175 e. The van der Waals surface area contributed by atoms with Crippen molar-refractivity contribution in [1.29, 1.82) is 0 Å². The molecule has 0 aliphatic carbocycles. The first-order valence-corrected chi connectivity index (χ1v) is 5.64. The summed E-state index contributed by atoms with van der Waals surface area (Å²) in [4.78, 5) is 11.8. The van der Waals surface area contributed by atoms with Crippen LogP contribution in [0.1, 0.15) is 12.8 Å². The Hall–Kier alpha value is -1.35. The summed E-state index contributed by atoms with van der Waals surface area (Å²) in [5, 5.41) is 0. The van der Waals surface area contributed by atoms with Crippen molar-refractivity contribution in [3.05, 3.63) is 30.3 Å². The minimum Gasteiger partial charge on any atom is -0.486 e. The summed E-state index contributed by atoms with van der Waals surface area (Å²) >= 11 is 0. The van der Waals surface area contributed by atoms with Crippen molar-refractivity contribution >= 4 is 5.78 Å². The number of benzene rings is 1. The molecule has 86 valence electrons. The third kappa shape index (κ3) is 3.07. The quantitative estimate of drug-likeness (QED) is 0.779. The predicted molar refractivity (Wildman–Crippen MR) is 60.5 cm³/mol. The summed E-state index contributed by atoms with van der Waals surface area (Å²) < 4.78 is 10.7. The van der Waals surface area contributed by atoms with Crippen molar-refractivity contribution in [1.82, 2.24) is 0 Å². The lowest BCUT2D eigenvalue weighted by Gasteiger charge is -2.20. The van der Waals surface area contributed by atoms with Crippen molar-refractivity contribution in [2.45, 2.75) is 12.8 Å². The molecule has 2 rings (SSSR count). The van der Waals surface area contributed by atoms with Crippen LogP contribution in [-0.2, 0) is 9.53 Å². The molecule has 0 radical (unpaired) electrons. The second-order valence-electron chi connectivity index (χ2n) is 3.98. The number of carbonyl (C=O) groups excluding carboxylic acids is 1. The molecule has 0 bridgehead atoms. The van der Waals surface area contributed by atoms with Gasteiger partial charge in [-0.2, -0.15) is 0 Å². The maximum Gasteiger partial charge on any atom is 0.175 e. The van der Waals surface area contributed by atoms with Gasteiger partial charge in [-0.3, -0.25) is 4.79 Å². The average molecular weight is 220 g/mol. The molecule has 0 aromatic heterocycles. The summed E-state index contributed by atoms with van der Waals surface area (Å²) in [6.45, 7) is 1.48. The Bertz CT molecular complexity index is 328. The monoisotopic (exact) mass is 220 g/mol. The number of ether oxygens (including phenoxy) is 2. The molecule has 1 aliphatic rings. The molecule has 1 aromatic rings. The zero-order valence-corrected chi connectivity index (χ0v) is 9.22. The van der Waals surface area contributed by atoms with E-state index in [1.807, 2.05) is 30.3 Å². The molecule has 1 unspecified atom stereocenters. The molecule has 3 nitrogen and oxygen atoms in total. The highest BCUT2D eigenvalue weighted by molar-refractivity contribution is 5.82. The number of Topliss-reactive ketones (excluding diaryl/α,β-unsaturated/α-hetero) is 1. The van der Waals surface area contributed by atoms with Crippen molar-refractivity contribution < 1.29 is 14.3 Å². The van der Waals surface area contributed by atoms with Crippen LogP contribution in [0.2, 0.25) is 0 Å². The Morgan fingerprint density at radius 1 is 1.38 bits per heavy atom. The van der Waals surface area contributed by atoms with E-state index in [2.05, 4.69) is 0 Å². The molecule has 0 spiro atoms. The minimum absolute atomic E-state index is 0.0254. The predicted octanol–water partition coefficient (Wildman–Crippen LogP) is 2.06. The lowest BCUT2D eigenvalue weighted by Crippen LogP contribution is -2.29. The maximum absolute atomic E-state index is 11.8. The molecule has 3 heteroatoms. The van der Waals surface area contributed by atoms with Gasteiger partial charge in [0.05, 0.1) is 6.61 Å². The first kappa shape index (κ1) is 11.1. The molecule has 16 heavy (non-hydrogen) atoms. The van der Waals surface area contributed by atoms with Crippen LogP contribution in [0.25, 0.3) is 0 Å². The van der Waals surface area contributed by atoms with E-state index >= 15 is 0 Å². The fourth-order valence-electron chi connectivity index (χ4n) is 1.78. The van der Waals surface area contributed by atoms with E-state index in [-0.39, 0.29) is 18.3 Å². The number of hydrogen-bond donors (Lipinski definition) is 0. The van der Waals surface area contributed by atoms with Crippen molar-refractivity contribution in [2.24, 2.45) is 5.92 Å². The Kier molecular flexibility index (Phi) is 3.94. The standard InChI is InChI=1S/C13H16O3/c14-13(11-5-4-8-15-9-11)10-16-12-6-2-1-3-7-12/h1-3,6-7,11H,4-5,8-10H2. The van der Waals surface area contributed by atoms with E-state index in [4.69, 9.17) is 9.47 Å². The molecule has 1 aliphatic heterocycles. The van der Waals surface area contributed by atoms with Gasteiger partial charge < -0.3 is 9.47 Å². The van der Waals surface area contributed by atoms with Gasteiger partial charge in [0, 0.05) is 12.5 Å². The molecule has 1 heterocycles. The van der Waals surface area contributed by atoms with Crippen molar-refractivity contribution in [2.75, 3.05) is 19.8 Å². The van der Waals surface area contributed by atoms with Crippen LogP contribution in [0.3, 0.4) is 0 Å².